The monoisotopic (exact) mass is 319 g/mol. The van der Waals surface area contributed by atoms with Crippen LogP contribution in [-0.2, 0) is 0 Å². The van der Waals surface area contributed by atoms with E-state index in [-0.39, 0.29) is 26.5 Å². The summed E-state index contributed by atoms with van der Waals surface area (Å²) in [5.74, 6) is -2.28. The highest BCUT2D eigenvalue weighted by Gasteiger charge is 2.19. The fraction of sp³-hybridized carbons (Fsp3) is 0. The molecule has 7 heteroatoms. The van der Waals surface area contributed by atoms with Gasteiger partial charge < -0.3 is 9.63 Å². The molecule has 1 heterocycles. The minimum absolute atomic E-state index is 0.00251. The van der Waals surface area contributed by atoms with E-state index in [0.717, 1.165) is 6.07 Å². The highest BCUT2D eigenvalue weighted by molar-refractivity contribution is 9.10. The summed E-state index contributed by atoms with van der Waals surface area (Å²) >= 11 is 8.84. The van der Waals surface area contributed by atoms with E-state index in [4.69, 9.17) is 16.7 Å². The third kappa shape index (κ3) is 2.18. The molecular weight excluding hydrogens is 316 g/mol. The number of aromatic nitrogens is 1. The van der Waals surface area contributed by atoms with Crippen molar-refractivity contribution in [1.82, 2.24) is 5.16 Å². The molecule has 1 N–H and O–H groups in total. The summed E-state index contributed by atoms with van der Waals surface area (Å²) in [4.78, 5) is 10.6. The van der Waals surface area contributed by atoms with Gasteiger partial charge in [-0.1, -0.05) is 16.8 Å². The molecule has 0 aliphatic heterocycles. The SMILES string of the molecule is O=C(O)c1cc(-c2c(Cl)ccc(Br)c2F)no1. The van der Waals surface area contributed by atoms with Crippen LogP contribution in [0.15, 0.2) is 27.2 Å². The van der Waals surface area contributed by atoms with E-state index in [0.29, 0.717) is 0 Å². The molecule has 0 spiro atoms. The van der Waals surface area contributed by atoms with Gasteiger partial charge in [0.2, 0.25) is 5.76 Å². The summed E-state index contributed by atoms with van der Waals surface area (Å²) in [6, 6.07) is 4.03. The summed E-state index contributed by atoms with van der Waals surface area (Å²) in [7, 11) is 0. The number of carboxylic acid groups (broad SMARTS) is 1. The average molecular weight is 321 g/mol. The van der Waals surface area contributed by atoms with Gasteiger partial charge in [-0.05, 0) is 28.1 Å². The predicted octanol–water partition coefficient (Wildman–Crippen LogP) is 3.59. The zero-order valence-electron chi connectivity index (χ0n) is 8.08. The molecule has 4 nitrogen and oxygen atoms in total. The van der Waals surface area contributed by atoms with Gasteiger partial charge in [-0.2, -0.15) is 0 Å². The molecule has 2 rings (SSSR count). The van der Waals surface area contributed by atoms with Gasteiger partial charge in [0.15, 0.2) is 0 Å². The third-order valence-electron chi connectivity index (χ3n) is 2.02. The Hall–Kier alpha value is -1.40. The molecule has 17 heavy (non-hydrogen) atoms. The van der Waals surface area contributed by atoms with Crippen LogP contribution in [0.2, 0.25) is 5.02 Å². The molecule has 1 aromatic heterocycles. The van der Waals surface area contributed by atoms with Crippen LogP contribution in [0.5, 0.6) is 0 Å². The van der Waals surface area contributed by atoms with E-state index >= 15 is 0 Å². The number of nitrogens with zero attached hydrogens (tertiary/aromatic N) is 1. The molecule has 0 fully saturated rings. The van der Waals surface area contributed by atoms with Crippen LogP contribution in [0, 0.1) is 5.82 Å². The fourth-order valence-electron chi connectivity index (χ4n) is 1.26. The first-order valence-corrected chi connectivity index (χ1v) is 5.51. The third-order valence-corrected chi connectivity index (χ3v) is 2.95. The number of hydrogen-bond acceptors (Lipinski definition) is 3. The van der Waals surface area contributed by atoms with E-state index in [2.05, 4.69) is 25.6 Å². The van der Waals surface area contributed by atoms with Crippen molar-refractivity contribution in [2.24, 2.45) is 0 Å². The van der Waals surface area contributed by atoms with Crippen molar-refractivity contribution in [2.45, 2.75) is 0 Å². The van der Waals surface area contributed by atoms with Crippen molar-refractivity contribution in [2.75, 3.05) is 0 Å². The van der Waals surface area contributed by atoms with Crippen LogP contribution in [0.3, 0.4) is 0 Å². The number of carbonyl (C=O) groups is 1. The minimum atomic E-state index is -1.28. The van der Waals surface area contributed by atoms with Crippen LogP contribution in [0.1, 0.15) is 10.6 Å². The summed E-state index contributed by atoms with van der Waals surface area (Å²) in [5, 5.41) is 12.3. The van der Waals surface area contributed by atoms with Crippen molar-refractivity contribution in [3.8, 4) is 11.3 Å². The lowest BCUT2D eigenvalue weighted by molar-refractivity contribution is 0.0652. The molecule has 0 unspecified atom stereocenters. The Bertz CT molecular complexity index is 599. The van der Waals surface area contributed by atoms with Crippen LogP contribution in [0.4, 0.5) is 4.39 Å². The second kappa shape index (κ2) is 4.46. The number of benzene rings is 1. The molecule has 2 aromatic rings. The lowest BCUT2D eigenvalue weighted by atomic mass is 10.1. The highest BCUT2D eigenvalue weighted by Crippen LogP contribution is 2.33. The van der Waals surface area contributed by atoms with Gasteiger partial charge in [-0.25, -0.2) is 9.18 Å². The van der Waals surface area contributed by atoms with Crippen LogP contribution in [-0.4, -0.2) is 16.2 Å². The van der Waals surface area contributed by atoms with Crippen molar-refractivity contribution >= 4 is 33.5 Å². The molecule has 0 radical (unpaired) electrons. The van der Waals surface area contributed by atoms with Crippen molar-refractivity contribution in [1.29, 1.82) is 0 Å². The maximum atomic E-state index is 13.8. The van der Waals surface area contributed by atoms with Gasteiger partial charge in [0.25, 0.3) is 0 Å². The number of halogens is 3. The molecule has 0 saturated heterocycles. The minimum Gasteiger partial charge on any atom is -0.475 e. The first kappa shape index (κ1) is 12.1. The summed E-state index contributed by atoms with van der Waals surface area (Å²) in [6.45, 7) is 0. The van der Waals surface area contributed by atoms with Gasteiger partial charge in [-0.15, -0.1) is 0 Å². The maximum Gasteiger partial charge on any atom is 0.374 e. The molecule has 1 aromatic carbocycles. The lowest BCUT2D eigenvalue weighted by Gasteiger charge is -2.03. The average Bonchev–Trinajstić information content (AvgIpc) is 2.73. The Morgan fingerprint density at radius 3 is 2.82 bits per heavy atom. The van der Waals surface area contributed by atoms with Crippen molar-refractivity contribution in [3.63, 3.8) is 0 Å². The second-order valence-corrected chi connectivity index (χ2v) is 4.36. The van der Waals surface area contributed by atoms with Gasteiger partial charge >= 0.3 is 5.97 Å². The zero-order chi connectivity index (χ0) is 12.6. The Balaban J connectivity index is 2.60. The Kier molecular flexibility index (Phi) is 3.17. The Labute approximate surface area is 108 Å². The highest BCUT2D eigenvalue weighted by atomic mass is 79.9. The second-order valence-electron chi connectivity index (χ2n) is 3.10. The molecule has 0 atom stereocenters. The number of rotatable bonds is 2. The van der Waals surface area contributed by atoms with E-state index in [9.17, 15) is 9.18 Å². The van der Waals surface area contributed by atoms with E-state index in [1.807, 2.05) is 0 Å². The summed E-state index contributed by atoms with van der Waals surface area (Å²) in [6.07, 6.45) is 0. The molecule has 0 saturated carbocycles. The van der Waals surface area contributed by atoms with Crippen LogP contribution >= 0.6 is 27.5 Å². The quantitative estimate of drug-likeness (QED) is 0.859. The predicted molar refractivity (Wildman–Crippen MR) is 61.6 cm³/mol. The Morgan fingerprint density at radius 1 is 1.53 bits per heavy atom. The molecule has 0 amide bonds. The topological polar surface area (TPSA) is 63.3 Å². The smallest absolute Gasteiger partial charge is 0.374 e. The van der Waals surface area contributed by atoms with Gasteiger partial charge in [0.1, 0.15) is 11.5 Å². The van der Waals surface area contributed by atoms with Crippen molar-refractivity contribution in [3.05, 3.63) is 39.3 Å². The largest absolute Gasteiger partial charge is 0.475 e. The maximum absolute atomic E-state index is 13.8. The molecular formula is C10H4BrClFNO3. The van der Waals surface area contributed by atoms with Crippen LogP contribution < -0.4 is 0 Å². The normalized spacial score (nSPS) is 10.5. The van der Waals surface area contributed by atoms with E-state index < -0.39 is 11.8 Å². The van der Waals surface area contributed by atoms with E-state index in [1.165, 1.54) is 12.1 Å². The first-order chi connectivity index (χ1) is 8.00. The molecule has 0 bridgehead atoms. The lowest BCUT2D eigenvalue weighted by Crippen LogP contribution is -1.92. The number of hydrogen-bond donors (Lipinski definition) is 1. The summed E-state index contributed by atoms with van der Waals surface area (Å²) in [5.41, 5.74) is 0.0310. The van der Waals surface area contributed by atoms with Crippen LogP contribution in [0.25, 0.3) is 11.3 Å². The fourth-order valence-corrected chi connectivity index (χ4v) is 1.83. The standard InChI is InChI=1S/C10H4BrClFNO3/c11-4-1-2-5(12)8(9(4)13)6-3-7(10(15)16)17-14-6/h1-3H,(H,15,16). The van der Waals surface area contributed by atoms with Crippen molar-refractivity contribution < 1.29 is 18.8 Å². The first-order valence-electron chi connectivity index (χ1n) is 4.34. The summed E-state index contributed by atoms with van der Waals surface area (Å²) < 4.78 is 18.5. The molecule has 88 valence electrons. The number of carboxylic acids is 1. The Morgan fingerprint density at radius 2 is 2.24 bits per heavy atom. The van der Waals surface area contributed by atoms with E-state index in [1.54, 1.807) is 0 Å². The van der Waals surface area contributed by atoms with Gasteiger partial charge in [-0.3, -0.25) is 0 Å². The van der Waals surface area contributed by atoms with Gasteiger partial charge in [0.05, 0.1) is 15.1 Å². The van der Waals surface area contributed by atoms with Gasteiger partial charge in [0, 0.05) is 6.07 Å². The molecule has 0 aliphatic rings. The molecule has 0 aliphatic carbocycles. The number of aromatic carboxylic acids is 1. The zero-order valence-corrected chi connectivity index (χ0v) is 10.4.